The van der Waals surface area contributed by atoms with Gasteiger partial charge in [0.15, 0.2) is 0 Å². The molecule has 0 heterocycles. The highest BCUT2D eigenvalue weighted by Gasteiger charge is 2.44. The molecule has 3 nitrogen and oxygen atoms in total. The van der Waals surface area contributed by atoms with E-state index in [-0.39, 0.29) is 5.41 Å². The number of hydrogen-bond acceptors (Lipinski definition) is 2. The predicted octanol–water partition coefficient (Wildman–Crippen LogP) is 5.65. The molecule has 138 valence electrons. The summed E-state index contributed by atoms with van der Waals surface area (Å²) in [5, 5.41) is 0. The van der Waals surface area contributed by atoms with Crippen LogP contribution in [-0.4, -0.2) is 18.5 Å². The summed E-state index contributed by atoms with van der Waals surface area (Å²) in [4.78, 5) is 0. The fraction of sp³-hybridized carbons (Fsp3) is 0.294. The van der Waals surface area contributed by atoms with Gasteiger partial charge in [0.05, 0.1) is 0 Å². The Labute approximate surface area is 159 Å². The second-order valence-electron chi connectivity index (χ2n) is 6.20. The molecule has 0 aromatic heterocycles. The van der Waals surface area contributed by atoms with E-state index in [1.54, 1.807) is 0 Å². The minimum absolute atomic E-state index is 0.176. The zero-order valence-electron chi connectivity index (χ0n) is 13.8. The molecule has 1 N–H and O–H groups in total. The second kappa shape index (κ2) is 8.05. The van der Waals surface area contributed by atoms with Gasteiger partial charge in [-0.2, -0.15) is 21.6 Å². The molecule has 0 amide bonds. The highest BCUT2D eigenvalue weighted by Crippen LogP contribution is 2.34. The van der Waals surface area contributed by atoms with Gasteiger partial charge in [-0.25, -0.2) is 0 Å². The van der Waals surface area contributed by atoms with Gasteiger partial charge < -0.3 is 0 Å². The Balaban J connectivity index is 0.000000333. The Morgan fingerprint density at radius 2 is 1.28 bits per heavy atom. The van der Waals surface area contributed by atoms with Crippen molar-refractivity contribution in [3.05, 3.63) is 57.7 Å². The van der Waals surface area contributed by atoms with Crippen molar-refractivity contribution in [2.45, 2.75) is 31.7 Å². The molecule has 0 atom stereocenters. The van der Waals surface area contributed by atoms with Crippen molar-refractivity contribution in [1.29, 1.82) is 0 Å². The van der Waals surface area contributed by atoms with E-state index >= 15 is 0 Å². The molecule has 2 aromatic carbocycles. The molecule has 0 radical (unpaired) electrons. The average molecular weight is 486 g/mol. The van der Waals surface area contributed by atoms with Crippen molar-refractivity contribution >= 4 is 32.7 Å². The van der Waals surface area contributed by atoms with Crippen LogP contribution in [-0.2, 0) is 15.5 Å². The first-order chi connectivity index (χ1) is 11.2. The van der Waals surface area contributed by atoms with Gasteiger partial charge in [0.1, 0.15) is 0 Å². The largest absolute Gasteiger partial charge is 0.522 e. The SMILES string of the molecule is CC(C)(C)c1ccccc1-c1ccccc1I.O=S(=O)(O)C(F)(F)F. The van der Waals surface area contributed by atoms with Crippen LogP contribution in [0.2, 0.25) is 0 Å². The lowest BCUT2D eigenvalue weighted by molar-refractivity contribution is -0.0510. The van der Waals surface area contributed by atoms with Crippen molar-refractivity contribution in [2.75, 3.05) is 0 Å². The average Bonchev–Trinajstić information content (AvgIpc) is 2.45. The molecule has 0 saturated heterocycles. The lowest BCUT2D eigenvalue weighted by atomic mass is 9.82. The number of rotatable bonds is 1. The number of halogens is 4. The molecule has 25 heavy (non-hydrogen) atoms. The van der Waals surface area contributed by atoms with Gasteiger partial charge in [-0.3, -0.25) is 4.55 Å². The van der Waals surface area contributed by atoms with E-state index in [0.717, 1.165) is 0 Å². The zero-order valence-corrected chi connectivity index (χ0v) is 16.8. The van der Waals surface area contributed by atoms with Crippen LogP contribution >= 0.6 is 22.6 Å². The molecule has 0 aliphatic heterocycles. The maximum Gasteiger partial charge on any atom is 0.522 e. The molecular weight excluding hydrogens is 468 g/mol. The minimum atomic E-state index is -5.84. The quantitative estimate of drug-likeness (QED) is 0.322. The fourth-order valence-corrected chi connectivity index (χ4v) is 2.73. The van der Waals surface area contributed by atoms with Crippen LogP contribution in [0, 0.1) is 3.57 Å². The summed E-state index contributed by atoms with van der Waals surface area (Å²) in [6.45, 7) is 6.80. The molecule has 0 spiro atoms. The van der Waals surface area contributed by atoms with Gasteiger partial charge in [-0.1, -0.05) is 63.2 Å². The molecule has 0 fully saturated rings. The topological polar surface area (TPSA) is 54.4 Å². The summed E-state index contributed by atoms with van der Waals surface area (Å²) in [7, 11) is -5.84. The van der Waals surface area contributed by atoms with Crippen molar-refractivity contribution < 1.29 is 26.1 Å². The van der Waals surface area contributed by atoms with Crippen LogP contribution in [0.1, 0.15) is 26.3 Å². The van der Waals surface area contributed by atoms with E-state index in [0.29, 0.717) is 0 Å². The lowest BCUT2D eigenvalue weighted by Crippen LogP contribution is -2.21. The van der Waals surface area contributed by atoms with Crippen LogP contribution in [0.3, 0.4) is 0 Å². The summed E-state index contributed by atoms with van der Waals surface area (Å²) in [5.74, 6) is 0. The monoisotopic (exact) mass is 486 g/mol. The van der Waals surface area contributed by atoms with Crippen LogP contribution < -0.4 is 0 Å². The van der Waals surface area contributed by atoms with Crippen LogP contribution in [0.5, 0.6) is 0 Å². The molecule has 8 heteroatoms. The Morgan fingerprint density at radius 3 is 1.68 bits per heavy atom. The number of benzene rings is 2. The van der Waals surface area contributed by atoms with E-state index in [4.69, 9.17) is 13.0 Å². The van der Waals surface area contributed by atoms with E-state index in [1.165, 1.54) is 20.3 Å². The molecule has 0 saturated carbocycles. The minimum Gasteiger partial charge on any atom is -0.279 e. The van der Waals surface area contributed by atoms with E-state index in [9.17, 15) is 13.2 Å². The van der Waals surface area contributed by atoms with Crippen LogP contribution in [0.15, 0.2) is 48.5 Å². The molecule has 0 aliphatic carbocycles. The molecule has 2 aromatic rings. The van der Waals surface area contributed by atoms with E-state index in [2.05, 4.69) is 91.9 Å². The smallest absolute Gasteiger partial charge is 0.279 e. The Bertz CT molecular complexity index is 826. The maximum absolute atomic E-state index is 10.7. The van der Waals surface area contributed by atoms with E-state index in [1.807, 2.05) is 0 Å². The molecular formula is C17H18F3IO3S. The van der Waals surface area contributed by atoms with Crippen molar-refractivity contribution in [1.82, 2.24) is 0 Å². The fourth-order valence-electron chi connectivity index (χ4n) is 2.05. The van der Waals surface area contributed by atoms with Crippen LogP contribution in [0.25, 0.3) is 11.1 Å². The zero-order chi connectivity index (χ0) is 19.5. The Kier molecular flexibility index (Phi) is 7.05. The molecule has 0 bridgehead atoms. The van der Waals surface area contributed by atoms with Gasteiger partial charge in [0, 0.05) is 3.57 Å². The van der Waals surface area contributed by atoms with Crippen molar-refractivity contribution in [3.63, 3.8) is 0 Å². The second-order valence-corrected chi connectivity index (χ2v) is 8.77. The third kappa shape index (κ3) is 6.27. The van der Waals surface area contributed by atoms with E-state index < -0.39 is 15.6 Å². The molecule has 0 unspecified atom stereocenters. The number of alkyl halides is 3. The standard InChI is InChI=1S/C16H17I.CHF3O3S/c1-16(2,3)14-10-6-4-8-12(14)13-9-5-7-11-15(13)17;2-1(3,4)8(5,6)7/h4-11H,1-3H3;(H,5,6,7). The van der Waals surface area contributed by atoms with Crippen LogP contribution in [0.4, 0.5) is 13.2 Å². The summed E-state index contributed by atoms with van der Waals surface area (Å²) in [6, 6.07) is 17.3. The van der Waals surface area contributed by atoms with Gasteiger partial charge in [-0.05, 0) is 50.8 Å². The first-order valence-electron chi connectivity index (χ1n) is 7.13. The highest BCUT2D eigenvalue weighted by molar-refractivity contribution is 14.1. The summed E-state index contributed by atoms with van der Waals surface area (Å²) >= 11 is 2.41. The maximum atomic E-state index is 10.7. The summed E-state index contributed by atoms with van der Waals surface area (Å²) in [6.07, 6.45) is 0. The highest BCUT2D eigenvalue weighted by atomic mass is 127. The Hall–Kier alpha value is -1.13. The Morgan fingerprint density at radius 1 is 0.880 bits per heavy atom. The first kappa shape index (κ1) is 21.9. The van der Waals surface area contributed by atoms with Crippen molar-refractivity contribution in [2.24, 2.45) is 0 Å². The van der Waals surface area contributed by atoms with Gasteiger partial charge in [0.2, 0.25) is 0 Å². The van der Waals surface area contributed by atoms with Crippen molar-refractivity contribution in [3.8, 4) is 11.1 Å². The first-order valence-corrected chi connectivity index (χ1v) is 9.65. The molecule has 2 rings (SSSR count). The normalized spacial score (nSPS) is 12.3. The van der Waals surface area contributed by atoms with Gasteiger partial charge >= 0.3 is 15.6 Å². The predicted molar refractivity (Wildman–Crippen MR) is 101 cm³/mol. The van der Waals surface area contributed by atoms with Gasteiger partial charge in [0.25, 0.3) is 0 Å². The summed E-state index contributed by atoms with van der Waals surface area (Å²) < 4.78 is 58.8. The lowest BCUT2D eigenvalue weighted by Gasteiger charge is -2.23. The third-order valence-corrected chi connectivity index (χ3v) is 4.72. The van der Waals surface area contributed by atoms with Gasteiger partial charge in [-0.15, -0.1) is 0 Å². The summed E-state index contributed by atoms with van der Waals surface area (Å²) in [5.41, 5.74) is -1.27. The number of hydrogen-bond donors (Lipinski definition) is 1. The third-order valence-electron chi connectivity index (χ3n) is 3.19. The molecule has 0 aliphatic rings.